The highest BCUT2D eigenvalue weighted by atomic mass is 35.5. The second-order valence-corrected chi connectivity index (χ2v) is 10.1. The molecule has 1 aromatic carbocycles. The first-order valence-corrected chi connectivity index (χ1v) is 11.9. The molecule has 0 bridgehead atoms. The summed E-state index contributed by atoms with van der Waals surface area (Å²) in [6, 6.07) is 8.01. The van der Waals surface area contributed by atoms with E-state index in [0.717, 1.165) is 63.1 Å². The first kappa shape index (κ1) is 22.7. The summed E-state index contributed by atoms with van der Waals surface area (Å²) in [4.78, 5) is 14.0. The van der Waals surface area contributed by atoms with Gasteiger partial charge in [0.1, 0.15) is 6.10 Å². The van der Waals surface area contributed by atoms with E-state index in [1.165, 1.54) is 4.90 Å². The van der Waals surface area contributed by atoms with Crippen LogP contribution in [0.5, 0.6) is 0 Å². The van der Waals surface area contributed by atoms with Crippen LogP contribution in [0.25, 0.3) is 0 Å². The van der Waals surface area contributed by atoms with E-state index in [1.54, 1.807) is 11.9 Å². The predicted octanol–water partition coefficient (Wildman–Crippen LogP) is 5.06. The predicted molar refractivity (Wildman–Crippen MR) is 121 cm³/mol. The maximum absolute atomic E-state index is 12.8. The number of rotatable bonds is 8. The van der Waals surface area contributed by atoms with Gasteiger partial charge in [0.15, 0.2) is 0 Å². The van der Waals surface area contributed by atoms with E-state index in [1.807, 2.05) is 30.3 Å². The van der Waals surface area contributed by atoms with Gasteiger partial charge in [-0.25, -0.2) is 4.31 Å². The highest BCUT2D eigenvalue weighted by Crippen LogP contribution is 2.48. The number of allylic oxidation sites excluding steroid dienone is 1. The number of nitrogens with zero attached hydrogens (tertiary/aromatic N) is 1. The minimum Gasteiger partial charge on any atom is -0.383 e. The molecule has 1 saturated heterocycles. The topological polar surface area (TPSA) is 52.6 Å². The van der Waals surface area contributed by atoms with Crippen molar-refractivity contribution in [3.63, 3.8) is 0 Å². The van der Waals surface area contributed by atoms with Crippen LogP contribution in [0.3, 0.4) is 0 Å². The third kappa shape index (κ3) is 5.78. The van der Waals surface area contributed by atoms with Crippen LogP contribution in [0.15, 0.2) is 41.8 Å². The summed E-state index contributed by atoms with van der Waals surface area (Å²) in [7, 11) is 0. The van der Waals surface area contributed by atoms with Gasteiger partial charge in [0.05, 0.1) is 0 Å². The Morgan fingerprint density at radius 3 is 2.69 bits per heavy atom. The number of benzene rings is 1. The molecule has 1 aliphatic carbocycles. The van der Waals surface area contributed by atoms with Gasteiger partial charge in [-0.3, -0.25) is 4.79 Å². The number of aliphatic hydroxyl groups excluding tert-OH is 1. The van der Waals surface area contributed by atoms with Crippen LogP contribution in [0.4, 0.5) is 0 Å². The summed E-state index contributed by atoms with van der Waals surface area (Å²) in [5.41, 5.74) is -0.275. The van der Waals surface area contributed by atoms with E-state index in [9.17, 15) is 9.90 Å². The van der Waals surface area contributed by atoms with Crippen LogP contribution >= 0.6 is 23.5 Å². The molecule has 2 N–H and O–H groups in total. The molecule has 1 aliphatic heterocycles. The van der Waals surface area contributed by atoms with Crippen LogP contribution in [0.2, 0.25) is 5.02 Å². The Kier molecular flexibility index (Phi) is 8.08. The second kappa shape index (κ2) is 10.3. The lowest BCUT2D eigenvalue weighted by atomic mass is 9.76. The van der Waals surface area contributed by atoms with Crippen LogP contribution < -0.4 is 5.32 Å². The van der Waals surface area contributed by atoms with Crippen LogP contribution in [0, 0.1) is 11.3 Å². The molecule has 0 spiro atoms. The quantitative estimate of drug-likeness (QED) is 0.441. The fraction of sp³-hybridized carbons (Fsp3) is 0.609. The number of amides is 1. The molecule has 4 nitrogen and oxygen atoms in total. The number of hydrogen-bond donors (Lipinski definition) is 2. The van der Waals surface area contributed by atoms with E-state index >= 15 is 0 Å². The Morgan fingerprint density at radius 1 is 1.38 bits per heavy atom. The van der Waals surface area contributed by atoms with Crippen molar-refractivity contribution >= 4 is 29.5 Å². The van der Waals surface area contributed by atoms with Crippen molar-refractivity contribution < 1.29 is 9.90 Å². The van der Waals surface area contributed by atoms with Gasteiger partial charge in [0.2, 0.25) is 5.91 Å². The fourth-order valence-electron chi connectivity index (χ4n) is 4.76. The summed E-state index contributed by atoms with van der Waals surface area (Å²) in [5, 5.41) is 14.8. The Labute approximate surface area is 184 Å². The van der Waals surface area contributed by atoms with Crippen molar-refractivity contribution in [3.05, 3.63) is 41.9 Å². The van der Waals surface area contributed by atoms with Gasteiger partial charge in [0, 0.05) is 34.5 Å². The molecule has 6 heteroatoms. The Bertz CT molecular complexity index is 691. The van der Waals surface area contributed by atoms with Crippen molar-refractivity contribution in [2.24, 2.45) is 11.3 Å². The highest BCUT2D eigenvalue weighted by Gasteiger charge is 2.46. The van der Waals surface area contributed by atoms with Crippen LogP contribution in [-0.2, 0) is 4.79 Å². The van der Waals surface area contributed by atoms with Gasteiger partial charge in [0.25, 0.3) is 0 Å². The first-order chi connectivity index (χ1) is 14.0. The number of hydrogen-bond acceptors (Lipinski definition) is 4. The fourth-order valence-corrected chi connectivity index (χ4v) is 5.84. The summed E-state index contributed by atoms with van der Waals surface area (Å²) in [5.74, 6) is 0.359. The molecule has 0 aromatic heterocycles. The molecule has 0 radical (unpaired) electrons. The van der Waals surface area contributed by atoms with Crippen molar-refractivity contribution in [2.45, 2.75) is 68.9 Å². The standard InChI is InChI=1S/C23H33ClN2O2S/c1-3-5-17-10-13-23(4-2,16-17)21(27)22(28)25-19-11-14-26(15-12-19)29-20-8-6-18(24)7-9-20/h3,6-9,17,19,21,27H,1,4-5,10-16H2,2H3,(H,25,28). The lowest BCUT2D eigenvalue weighted by Gasteiger charge is -2.36. The molecular weight excluding hydrogens is 404 g/mol. The minimum atomic E-state index is -0.913. The van der Waals surface area contributed by atoms with E-state index in [4.69, 9.17) is 11.6 Å². The van der Waals surface area contributed by atoms with Crippen molar-refractivity contribution in [1.82, 2.24) is 9.62 Å². The Hall–Kier alpha value is -1.01. The molecule has 160 valence electrons. The molecule has 1 aromatic rings. The average Bonchev–Trinajstić information content (AvgIpc) is 3.15. The van der Waals surface area contributed by atoms with Crippen LogP contribution in [-0.4, -0.2) is 40.6 Å². The SMILES string of the molecule is C=CCC1CCC(CC)(C(O)C(=O)NC2CCN(Sc3ccc(Cl)cc3)CC2)C1. The van der Waals surface area contributed by atoms with Gasteiger partial charge in [-0.15, -0.1) is 6.58 Å². The van der Waals surface area contributed by atoms with Gasteiger partial charge >= 0.3 is 0 Å². The molecule has 3 unspecified atom stereocenters. The number of aliphatic hydroxyl groups is 1. The summed E-state index contributed by atoms with van der Waals surface area (Å²) in [6.45, 7) is 7.76. The molecule has 1 saturated carbocycles. The molecule has 29 heavy (non-hydrogen) atoms. The molecule has 3 atom stereocenters. The third-order valence-corrected chi connectivity index (χ3v) is 7.98. The third-order valence-electron chi connectivity index (χ3n) is 6.63. The van der Waals surface area contributed by atoms with Gasteiger partial charge in [-0.1, -0.05) is 24.6 Å². The maximum Gasteiger partial charge on any atom is 0.249 e. The number of halogens is 1. The first-order valence-electron chi connectivity index (χ1n) is 10.7. The highest BCUT2D eigenvalue weighted by molar-refractivity contribution is 7.97. The van der Waals surface area contributed by atoms with E-state index in [-0.39, 0.29) is 17.4 Å². The second-order valence-electron chi connectivity index (χ2n) is 8.51. The number of carbonyl (C=O) groups excluding carboxylic acids is 1. The molecule has 2 aliphatic rings. The minimum absolute atomic E-state index is 0.137. The summed E-state index contributed by atoms with van der Waals surface area (Å²) < 4.78 is 2.33. The van der Waals surface area contributed by atoms with Crippen molar-refractivity contribution in [3.8, 4) is 0 Å². The summed E-state index contributed by atoms with van der Waals surface area (Å²) in [6.07, 6.45) is 7.57. The Balaban J connectivity index is 1.47. The monoisotopic (exact) mass is 436 g/mol. The zero-order chi connectivity index (χ0) is 20.9. The Morgan fingerprint density at radius 2 is 2.07 bits per heavy atom. The molecule has 3 rings (SSSR count). The lowest BCUT2D eigenvalue weighted by molar-refractivity contribution is -0.138. The molecule has 2 fully saturated rings. The van der Waals surface area contributed by atoms with Gasteiger partial charge in [-0.2, -0.15) is 0 Å². The zero-order valence-electron chi connectivity index (χ0n) is 17.3. The molecule has 1 heterocycles. The zero-order valence-corrected chi connectivity index (χ0v) is 18.9. The smallest absolute Gasteiger partial charge is 0.249 e. The average molecular weight is 437 g/mol. The number of piperidine rings is 1. The van der Waals surface area contributed by atoms with Crippen molar-refractivity contribution in [1.29, 1.82) is 0 Å². The largest absolute Gasteiger partial charge is 0.383 e. The number of nitrogens with one attached hydrogen (secondary N) is 1. The molecular formula is C23H33ClN2O2S. The normalized spacial score (nSPS) is 26.9. The van der Waals surface area contributed by atoms with Crippen molar-refractivity contribution in [2.75, 3.05) is 13.1 Å². The van der Waals surface area contributed by atoms with Gasteiger partial charge < -0.3 is 10.4 Å². The van der Waals surface area contributed by atoms with Gasteiger partial charge in [-0.05, 0) is 87.1 Å². The molecule has 1 amide bonds. The maximum atomic E-state index is 12.8. The lowest BCUT2D eigenvalue weighted by Crippen LogP contribution is -2.50. The summed E-state index contributed by atoms with van der Waals surface area (Å²) >= 11 is 7.68. The van der Waals surface area contributed by atoms with Crippen LogP contribution in [0.1, 0.15) is 51.9 Å². The van der Waals surface area contributed by atoms with E-state index < -0.39 is 6.10 Å². The van der Waals surface area contributed by atoms with E-state index in [2.05, 4.69) is 23.1 Å². The van der Waals surface area contributed by atoms with E-state index in [0.29, 0.717) is 5.92 Å². The number of carbonyl (C=O) groups is 1.